The van der Waals surface area contributed by atoms with Crippen LogP contribution in [0.15, 0.2) is 40.4 Å². The Morgan fingerprint density at radius 3 is 2.55 bits per heavy atom. The van der Waals surface area contributed by atoms with Gasteiger partial charge in [0.2, 0.25) is 0 Å². The van der Waals surface area contributed by atoms with Crippen LogP contribution in [-0.2, 0) is 11.2 Å². The molecule has 0 saturated heterocycles. The van der Waals surface area contributed by atoms with Crippen molar-refractivity contribution in [2.45, 2.75) is 57.8 Å². The van der Waals surface area contributed by atoms with Crippen LogP contribution in [0.2, 0.25) is 5.02 Å². The number of methoxy groups -OCH3 is 1. The molecule has 0 atom stereocenters. The molecule has 0 aromatic heterocycles. The van der Waals surface area contributed by atoms with Crippen molar-refractivity contribution in [2.75, 3.05) is 19.5 Å². The van der Waals surface area contributed by atoms with Crippen LogP contribution in [0.4, 0.5) is 0 Å². The molecule has 0 amide bonds. The number of ether oxygens (including phenoxy) is 3. The predicted molar refractivity (Wildman–Crippen MR) is 134 cm³/mol. The highest BCUT2D eigenvalue weighted by atomic mass is 35.5. The molecular formula is C25H32ClNO5S. The molecule has 0 spiro atoms. The summed E-state index contributed by atoms with van der Waals surface area (Å²) in [6, 6.07) is 9.09. The van der Waals surface area contributed by atoms with Crippen LogP contribution >= 0.6 is 23.4 Å². The van der Waals surface area contributed by atoms with Gasteiger partial charge < -0.3 is 19.4 Å². The maximum atomic E-state index is 11.4. The fourth-order valence-corrected chi connectivity index (χ4v) is 4.47. The van der Waals surface area contributed by atoms with Crippen molar-refractivity contribution in [1.29, 1.82) is 0 Å². The molecule has 0 heterocycles. The molecule has 8 heteroatoms. The summed E-state index contributed by atoms with van der Waals surface area (Å²) in [6.07, 6.45) is 3.47. The molecule has 0 saturated carbocycles. The van der Waals surface area contributed by atoms with E-state index >= 15 is 0 Å². The van der Waals surface area contributed by atoms with Crippen molar-refractivity contribution in [3.63, 3.8) is 0 Å². The number of hydrogen-bond acceptors (Lipinski definition) is 7. The van der Waals surface area contributed by atoms with E-state index in [0.717, 1.165) is 46.8 Å². The molecule has 0 bridgehead atoms. The third-order valence-electron chi connectivity index (χ3n) is 4.92. The second-order valence-corrected chi connectivity index (χ2v) is 8.79. The maximum Gasteiger partial charge on any atom is 0.310 e. The van der Waals surface area contributed by atoms with E-state index in [1.807, 2.05) is 25.1 Å². The van der Waals surface area contributed by atoms with E-state index in [4.69, 9.17) is 25.8 Å². The molecule has 1 N–H and O–H groups in total. The zero-order chi connectivity index (χ0) is 24.2. The van der Waals surface area contributed by atoms with Gasteiger partial charge in [-0.1, -0.05) is 43.9 Å². The average molecular weight is 494 g/mol. The number of carbonyl (C=O) groups is 1. The SMILES string of the molecule is CCCc1c(OCCCSc2ccc(OC(=O)CC)cc2Cl)ccc(C(CC)=NO)c1OC. The lowest BCUT2D eigenvalue weighted by Crippen LogP contribution is -2.08. The van der Waals surface area contributed by atoms with Crippen LogP contribution in [0.25, 0.3) is 0 Å². The molecular weight excluding hydrogens is 462 g/mol. The first-order valence-corrected chi connectivity index (χ1v) is 12.5. The van der Waals surface area contributed by atoms with Crippen molar-refractivity contribution in [3.05, 3.63) is 46.5 Å². The van der Waals surface area contributed by atoms with Crippen molar-refractivity contribution < 1.29 is 24.2 Å². The second-order valence-electron chi connectivity index (χ2n) is 7.24. The van der Waals surface area contributed by atoms with Gasteiger partial charge in [-0.25, -0.2) is 0 Å². The van der Waals surface area contributed by atoms with Crippen LogP contribution in [-0.4, -0.2) is 36.4 Å². The van der Waals surface area contributed by atoms with Crippen molar-refractivity contribution >= 4 is 35.0 Å². The lowest BCUT2D eigenvalue weighted by molar-refractivity contribution is -0.134. The summed E-state index contributed by atoms with van der Waals surface area (Å²) >= 11 is 7.96. The van der Waals surface area contributed by atoms with Crippen LogP contribution in [0.5, 0.6) is 17.2 Å². The fraction of sp³-hybridized carbons (Fsp3) is 0.440. The quantitative estimate of drug-likeness (QED) is 0.0631. The van der Waals surface area contributed by atoms with Crippen LogP contribution < -0.4 is 14.2 Å². The number of rotatable bonds is 13. The Balaban J connectivity index is 1.98. The number of halogens is 1. The van der Waals surface area contributed by atoms with E-state index < -0.39 is 0 Å². The molecule has 33 heavy (non-hydrogen) atoms. The summed E-state index contributed by atoms with van der Waals surface area (Å²) in [5.74, 6) is 2.48. The van der Waals surface area contributed by atoms with Crippen molar-refractivity contribution in [3.8, 4) is 17.2 Å². The maximum absolute atomic E-state index is 11.4. The molecule has 0 unspecified atom stereocenters. The molecule has 2 aromatic carbocycles. The van der Waals surface area contributed by atoms with E-state index in [0.29, 0.717) is 41.7 Å². The number of carbonyl (C=O) groups excluding carboxylic acids is 1. The average Bonchev–Trinajstić information content (AvgIpc) is 2.82. The van der Waals surface area contributed by atoms with Gasteiger partial charge in [-0.3, -0.25) is 4.79 Å². The lowest BCUT2D eigenvalue weighted by atomic mass is 9.99. The molecule has 6 nitrogen and oxygen atoms in total. The summed E-state index contributed by atoms with van der Waals surface area (Å²) in [4.78, 5) is 12.3. The van der Waals surface area contributed by atoms with E-state index in [1.54, 1.807) is 37.9 Å². The minimum atomic E-state index is -0.287. The Bertz CT molecular complexity index is 964. The predicted octanol–water partition coefficient (Wildman–Crippen LogP) is 6.77. The molecule has 0 aliphatic carbocycles. The highest BCUT2D eigenvalue weighted by Gasteiger charge is 2.18. The van der Waals surface area contributed by atoms with Gasteiger partial charge in [0.05, 0.1) is 24.5 Å². The van der Waals surface area contributed by atoms with E-state index in [9.17, 15) is 10.0 Å². The number of thioether (sulfide) groups is 1. The Hall–Kier alpha value is -2.38. The van der Waals surface area contributed by atoms with Gasteiger partial charge >= 0.3 is 5.97 Å². The van der Waals surface area contributed by atoms with Gasteiger partial charge in [0.25, 0.3) is 0 Å². The molecule has 0 radical (unpaired) electrons. The number of esters is 1. The second kappa shape index (κ2) is 14.0. The van der Waals surface area contributed by atoms with Crippen molar-refractivity contribution in [2.24, 2.45) is 5.16 Å². The van der Waals surface area contributed by atoms with E-state index in [2.05, 4.69) is 12.1 Å². The number of nitrogens with zero attached hydrogens (tertiary/aromatic N) is 1. The molecule has 2 aromatic rings. The van der Waals surface area contributed by atoms with Crippen LogP contribution in [0.1, 0.15) is 57.6 Å². The first-order chi connectivity index (χ1) is 16.0. The highest BCUT2D eigenvalue weighted by Crippen LogP contribution is 2.35. The van der Waals surface area contributed by atoms with Crippen LogP contribution in [0.3, 0.4) is 0 Å². The molecule has 180 valence electrons. The summed E-state index contributed by atoms with van der Waals surface area (Å²) in [7, 11) is 1.63. The Morgan fingerprint density at radius 1 is 1.15 bits per heavy atom. The van der Waals surface area contributed by atoms with Gasteiger partial charge in [-0.15, -0.1) is 11.8 Å². The number of hydrogen-bond donors (Lipinski definition) is 1. The van der Waals surface area contributed by atoms with Crippen LogP contribution in [0, 0.1) is 0 Å². The molecule has 2 rings (SSSR count). The number of oxime groups is 1. The molecule has 0 aliphatic rings. The Labute approximate surface area is 205 Å². The number of benzene rings is 2. The van der Waals surface area contributed by atoms with Gasteiger partial charge in [0.15, 0.2) is 0 Å². The Morgan fingerprint density at radius 2 is 1.94 bits per heavy atom. The summed E-state index contributed by atoms with van der Waals surface area (Å²) in [6.45, 7) is 6.33. The smallest absolute Gasteiger partial charge is 0.310 e. The fourth-order valence-electron chi connectivity index (χ4n) is 3.30. The Kier molecular flexibility index (Phi) is 11.4. The summed E-state index contributed by atoms with van der Waals surface area (Å²) in [5.41, 5.74) is 2.36. The van der Waals surface area contributed by atoms with Gasteiger partial charge in [0.1, 0.15) is 17.2 Å². The minimum absolute atomic E-state index is 0.287. The van der Waals surface area contributed by atoms with Gasteiger partial charge in [0, 0.05) is 34.3 Å². The third kappa shape index (κ3) is 7.57. The minimum Gasteiger partial charge on any atom is -0.496 e. The highest BCUT2D eigenvalue weighted by molar-refractivity contribution is 7.99. The largest absolute Gasteiger partial charge is 0.496 e. The van der Waals surface area contributed by atoms with Crippen molar-refractivity contribution in [1.82, 2.24) is 0 Å². The van der Waals surface area contributed by atoms with Gasteiger partial charge in [-0.05, 0) is 43.5 Å². The topological polar surface area (TPSA) is 77.4 Å². The standard InChI is InChI=1S/C25H32ClNO5S/c1-5-9-19-22(12-11-18(25(19)30-4)21(6-2)27-29)31-14-8-15-33-23-13-10-17(16-20(23)26)32-24(28)7-3/h10-13,16,29H,5-9,14-15H2,1-4H3. The first kappa shape index (κ1) is 26.9. The van der Waals surface area contributed by atoms with Gasteiger partial charge in [-0.2, -0.15) is 0 Å². The molecule has 0 aliphatic heterocycles. The summed E-state index contributed by atoms with van der Waals surface area (Å²) < 4.78 is 17.0. The normalized spacial score (nSPS) is 11.4. The molecule has 0 fully saturated rings. The summed E-state index contributed by atoms with van der Waals surface area (Å²) in [5, 5.41) is 13.3. The van der Waals surface area contributed by atoms with E-state index in [1.165, 1.54) is 0 Å². The first-order valence-electron chi connectivity index (χ1n) is 11.2. The zero-order valence-corrected chi connectivity index (χ0v) is 21.2. The third-order valence-corrected chi connectivity index (χ3v) is 6.50. The monoisotopic (exact) mass is 493 g/mol. The van der Waals surface area contributed by atoms with E-state index in [-0.39, 0.29) is 5.97 Å². The lowest BCUT2D eigenvalue weighted by Gasteiger charge is -2.18. The zero-order valence-electron chi connectivity index (χ0n) is 19.7.